The topological polar surface area (TPSA) is 61.3 Å². The van der Waals surface area contributed by atoms with Crippen molar-refractivity contribution < 1.29 is 14.3 Å². The molecule has 0 aliphatic heterocycles. The van der Waals surface area contributed by atoms with E-state index in [2.05, 4.69) is 23.8 Å². The van der Waals surface area contributed by atoms with Crippen LogP contribution in [-0.2, 0) is 6.42 Å². The molecule has 0 amide bonds. The highest BCUT2D eigenvalue weighted by atomic mass is 16.5. The third-order valence-corrected chi connectivity index (χ3v) is 8.65. The van der Waals surface area contributed by atoms with Crippen molar-refractivity contribution in [1.29, 1.82) is 0 Å². The fourth-order valence-electron chi connectivity index (χ4n) is 5.97. The van der Waals surface area contributed by atoms with E-state index in [1.54, 1.807) is 24.3 Å². The number of carbonyl (C=O) groups is 1. The summed E-state index contributed by atoms with van der Waals surface area (Å²) in [6.07, 6.45) is 23.3. The van der Waals surface area contributed by atoms with Gasteiger partial charge in [0.25, 0.3) is 0 Å². The lowest BCUT2D eigenvalue weighted by Gasteiger charge is -2.28. The second-order valence-electron chi connectivity index (χ2n) is 12.0. The van der Waals surface area contributed by atoms with E-state index in [-0.39, 0.29) is 0 Å². The summed E-state index contributed by atoms with van der Waals surface area (Å²) in [6, 6.07) is 14.6. The van der Waals surface area contributed by atoms with E-state index < -0.39 is 5.97 Å². The summed E-state index contributed by atoms with van der Waals surface area (Å²) in [5, 5.41) is 0. The minimum atomic E-state index is -0.390. The third kappa shape index (κ3) is 10.6. The van der Waals surface area contributed by atoms with E-state index in [0.717, 1.165) is 48.2 Å². The molecule has 0 N–H and O–H groups in total. The molecule has 0 spiro atoms. The average molecular weight is 571 g/mol. The van der Waals surface area contributed by atoms with Gasteiger partial charge in [0.2, 0.25) is 0 Å². The molecule has 1 aromatic heterocycles. The van der Waals surface area contributed by atoms with Crippen LogP contribution >= 0.6 is 0 Å². The summed E-state index contributed by atoms with van der Waals surface area (Å²) >= 11 is 0. The monoisotopic (exact) mass is 570 g/mol. The van der Waals surface area contributed by atoms with Crippen LogP contribution in [0, 0.1) is 11.8 Å². The minimum absolute atomic E-state index is 0.390. The zero-order valence-corrected chi connectivity index (χ0v) is 25.9. The number of hydrogen-bond donors (Lipinski definition) is 0. The van der Waals surface area contributed by atoms with Crippen molar-refractivity contribution in [3.63, 3.8) is 0 Å². The van der Waals surface area contributed by atoms with Crippen molar-refractivity contribution in [2.24, 2.45) is 11.8 Å². The Kier molecular flexibility index (Phi) is 13.4. The molecular formula is C37H50N2O3. The molecule has 3 aromatic rings. The van der Waals surface area contributed by atoms with E-state index in [1.807, 2.05) is 36.7 Å². The number of hydrogen-bond acceptors (Lipinski definition) is 5. The quantitative estimate of drug-likeness (QED) is 0.0918. The van der Waals surface area contributed by atoms with E-state index in [0.29, 0.717) is 17.1 Å². The van der Waals surface area contributed by atoms with E-state index in [9.17, 15) is 4.79 Å². The molecule has 0 bridgehead atoms. The molecule has 1 heterocycles. The van der Waals surface area contributed by atoms with Gasteiger partial charge in [-0.2, -0.15) is 0 Å². The van der Waals surface area contributed by atoms with Gasteiger partial charge in [-0.15, -0.1) is 0 Å². The zero-order chi connectivity index (χ0) is 29.4. The first-order valence-corrected chi connectivity index (χ1v) is 16.5. The lowest BCUT2D eigenvalue weighted by Crippen LogP contribution is -2.15. The summed E-state index contributed by atoms with van der Waals surface area (Å²) < 4.78 is 11.6. The molecule has 4 rings (SSSR count). The number of esters is 1. The molecule has 1 fully saturated rings. The van der Waals surface area contributed by atoms with Crippen LogP contribution in [0.25, 0.3) is 11.4 Å². The average Bonchev–Trinajstić information content (AvgIpc) is 3.03. The molecule has 0 atom stereocenters. The number of aryl methyl sites for hydroxylation is 1. The normalized spacial score (nSPS) is 16.7. The molecular weight excluding hydrogens is 520 g/mol. The number of benzene rings is 2. The number of aromatic nitrogens is 2. The van der Waals surface area contributed by atoms with Crippen LogP contribution in [0.4, 0.5) is 0 Å². The van der Waals surface area contributed by atoms with Crippen LogP contribution < -0.4 is 9.47 Å². The number of ether oxygens (including phenoxy) is 2. The Morgan fingerprint density at radius 1 is 0.714 bits per heavy atom. The van der Waals surface area contributed by atoms with Crippen LogP contribution in [0.15, 0.2) is 60.9 Å². The highest BCUT2D eigenvalue weighted by molar-refractivity contribution is 5.91. The predicted octanol–water partition coefficient (Wildman–Crippen LogP) is 10.0. The Morgan fingerprint density at radius 3 is 1.95 bits per heavy atom. The second-order valence-corrected chi connectivity index (χ2v) is 12.0. The molecule has 0 radical (unpaired) electrons. The maximum absolute atomic E-state index is 12.7. The van der Waals surface area contributed by atoms with Gasteiger partial charge in [0.1, 0.15) is 11.5 Å². The lowest BCUT2D eigenvalue weighted by molar-refractivity contribution is 0.0734. The van der Waals surface area contributed by atoms with Crippen LogP contribution in [0.1, 0.15) is 120 Å². The van der Waals surface area contributed by atoms with Crippen molar-refractivity contribution >= 4 is 5.97 Å². The Labute approximate surface area is 253 Å². The van der Waals surface area contributed by atoms with E-state index >= 15 is 0 Å². The molecule has 5 heteroatoms. The summed E-state index contributed by atoms with van der Waals surface area (Å²) in [4.78, 5) is 21.7. The standard InChI is InChI=1S/C37H50N2O3/c1-3-5-7-9-12-31-27-38-36(39-28-31)32-18-20-33(21-19-32)37(40)42-35-24-22-34(23-25-35)41-26-10-13-30-16-14-29(15-17-30)11-8-6-4-2/h18-25,27-30H,3-17,26H2,1-2H3/t29-,30-. The maximum atomic E-state index is 12.7. The lowest BCUT2D eigenvalue weighted by atomic mass is 9.78. The van der Waals surface area contributed by atoms with Crippen molar-refractivity contribution in [3.8, 4) is 22.9 Å². The number of rotatable bonds is 17. The number of carbonyl (C=O) groups excluding carboxylic acids is 1. The second kappa shape index (κ2) is 17.7. The van der Waals surface area contributed by atoms with Crippen LogP contribution in [-0.4, -0.2) is 22.5 Å². The van der Waals surface area contributed by atoms with Gasteiger partial charge in [-0.25, -0.2) is 14.8 Å². The summed E-state index contributed by atoms with van der Waals surface area (Å²) in [6.45, 7) is 5.24. The van der Waals surface area contributed by atoms with Crippen molar-refractivity contribution in [2.75, 3.05) is 6.61 Å². The molecule has 226 valence electrons. The van der Waals surface area contributed by atoms with E-state index in [1.165, 1.54) is 83.5 Å². The van der Waals surface area contributed by atoms with Gasteiger partial charge in [0, 0.05) is 18.0 Å². The Hall–Kier alpha value is -3.21. The maximum Gasteiger partial charge on any atom is 0.343 e. The molecule has 2 aromatic carbocycles. The fourth-order valence-corrected chi connectivity index (χ4v) is 5.97. The molecule has 1 aliphatic rings. The predicted molar refractivity (Wildman–Crippen MR) is 171 cm³/mol. The molecule has 0 saturated heterocycles. The van der Waals surface area contributed by atoms with Crippen LogP contribution in [0.5, 0.6) is 11.5 Å². The summed E-state index contributed by atoms with van der Waals surface area (Å²) in [5.74, 6) is 3.42. The SMILES string of the molecule is CCCCCCc1cnc(-c2ccc(C(=O)Oc3ccc(OCCC[C@H]4CC[C@H](CCCCC)CC4)cc3)cc2)nc1. The Morgan fingerprint density at radius 2 is 1.31 bits per heavy atom. The van der Waals surface area contributed by atoms with Gasteiger partial charge in [0.05, 0.1) is 12.2 Å². The van der Waals surface area contributed by atoms with E-state index in [4.69, 9.17) is 9.47 Å². The molecule has 42 heavy (non-hydrogen) atoms. The first-order valence-electron chi connectivity index (χ1n) is 16.5. The van der Waals surface area contributed by atoms with Crippen molar-refractivity contribution in [1.82, 2.24) is 9.97 Å². The third-order valence-electron chi connectivity index (χ3n) is 8.65. The molecule has 5 nitrogen and oxygen atoms in total. The zero-order valence-electron chi connectivity index (χ0n) is 25.9. The molecule has 1 saturated carbocycles. The highest BCUT2D eigenvalue weighted by Crippen LogP contribution is 2.34. The minimum Gasteiger partial charge on any atom is -0.494 e. The molecule has 1 aliphatic carbocycles. The van der Waals surface area contributed by atoms with Gasteiger partial charge in [-0.05, 0) is 79.5 Å². The fraction of sp³-hybridized carbons (Fsp3) is 0.541. The number of nitrogens with zero attached hydrogens (tertiary/aromatic N) is 2. The first-order chi connectivity index (χ1) is 20.6. The van der Waals surface area contributed by atoms with Crippen LogP contribution in [0.2, 0.25) is 0 Å². The smallest absolute Gasteiger partial charge is 0.343 e. The Bertz CT molecular complexity index is 1170. The number of unbranched alkanes of at least 4 members (excludes halogenated alkanes) is 5. The molecule has 0 unspecified atom stereocenters. The van der Waals surface area contributed by atoms with Gasteiger partial charge in [-0.1, -0.05) is 96.6 Å². The summed E-state index contributed by atoms with van der Waals surface area (Å²) in [7, 11) is 0. The van der Waals surface area contributed by atoms with Gasteiger partial charge >= 0.3 is 5.97 Å². The van der Waals surface area contributed by atoms with Gasteiger partial charge in [-0.3, -0.25) is 0 Å². The first kappa shape index (κ1) is 31.7. The van der Waals surface area contributed by atoms with Crippen LogP contribution in [0.3, 0.4) is 0 Å². The van der Waals surface area contributed by atoms with Crippen molar-refractivity contribution in [2.45, 2.75) is 110 Å². The van der Waals surface area contributed by atoms with Crippen molar-refractivity contribution in [3.05, 3.63) is 72.1 Å². The van der Waals surface area contributed by atoms with Gasteiger partial charge in [0.15, 0.2) is 5.82 Å². The largest absolute Gasteiger partial charge is 0.494 e. The van der Waals surface area contributed by atoms with Gasteiger partial charge < -0.3 is 9.47 Å². The summed E-state index contributed by atoms with van der Waals surface area (Å²) in [5.41, 5.74) is 2.53. The highest BCUT2D eigenvalue weighted by Gasteiger charge is 2.20. The Balaban J connectivity index is 1.14.